The lowest BCUT2D eigenvalue weighted by Gasteiger charge is -2.43. The molecule has 0 saturated heterocycles. The zero-order valence-electron chi connectivity index (χ0n) is 10.6. The molecular formula is C15H16ClNO. The van der Waals surface area contributed by atoms with Gasteiger partial charge in [0.15, 0.2) is 5.78 Å². The van der Waals surface area contributed by atoms with E-state index in [0.717, 1.165) is 17.1 Å². The minimum Gasteiger partial charge on any atom is -0.341 e. The maximum Gasteiger partial charge on any atom is 0.159 e. The number of carbonyl (C=O) groups excluding carboxylic acids is 1. The average molecular weight is 262 g/mol. The molecule has 0 fully saturated rings. The lowest BCUT2D eigenvalue weighted by molar-refractivity contribution is -0.115. The fourth-order valence-corrected chi connectivity index (χ4v) is 3.27. The summed E-state index contributed by atoms with van der Waals surface area (Å²) in [6.07, 6.45) is 3.37. The number of nitrogens with zero attached hydrogens (tertiary/aromatic N) is 1. The highest BCUT2D eigenvalue weighted by atomic mass is 35.5. The number of carbonyl (C=O) groups is 1. The predicted octanol–water partition coefficient (Wildman–Crippen LogP) is 3.58. The molecule has 0 spiro atoms. The maximum absolute atomic E-state index is 11.7. The number of hydrogen-bond acceptors (Lipinski definition) is 2. The van der Waals surface area contributed by atoms with Crippen molar-refractivity contribution in [3.05, 3.63) is 40.6 Å². The highest BCUT2D eigenvalue weighted by Crippen LogP contribution is 2.40. The van der Waals surface area contributed by atoms with E-state index in [4.69, 9.17) is 11.6 Å². The maximum atomic E-state index is 11.7. The zero-order chi connectivity index (χ0) is 12.9. The summed E-state index contributed by atoms with van der Waals surface area (Å²) in [5.41, 5.74) is 3.66. The van der Waals surface area contributed by atoms with E-state index in [1.807, 2.05) is 18.2 Å². The van der Waals surface area contributed by atoms with Gasteiger partial charge in [-0.25, -0.2) is 0 Å². The zero-order valence-corrected chi connectivity index (χ0v) is 11.4. The second-order valence-electron chi connectivity index (χ2n) is 5.34. The van der Waals surface area contributed by atoms with Crippen molar-refractivity contribution in [2.24, 2.45) is 5.92 Å². The lowest BCUT2D eigenvalue weighted by Crippen LogP contribution is -2.43. The minimum absolute atomic E-state index is 0.236. The Morgan fingerprint density at radius 1 is 1.28 bits per heavy atom. The smallest absolute Gasteiger partial charge is 0.159 e. The van der Waals surface area contributed by atoms with E-state index in [1.54, 1.807) is 0 Å². The molecule has 2 atom stereocenters. The predicted molar refractivity (Wildman–Crippen MR) is 74.0 cm³/mol. The summed E-state index contributed by atoms with van der Waals surface area (Å²) in [6.45, 7) is 4.29. The third kappa shape index (κ3) is 1.76. The van der Waals surface area contributed by atoms with E-state index in [9.17, 15) is 4.79 Å². The van der Waals surface area contributed by atoms with Gasteiger partial charge >= 0.3 is 0 Å². The van der Waals surface area contributed by atoms with Gasteiger partial charge in [-0.05, 0) is 37.1 Å². The number of benzene rings is 1. The molecule has 2 heterocycles. The summed E-state index contributed by atoms with van der Waals surface area (Å²) in [7, 11) is 0. The molecule has 0 aliphatic carbocycles. The second-order valence-corrected chi connectivity index (χ2v) is 5.77. The molecule has 0 N–H and O–H groups in total. The van der Waals surface area contributed by atoms with E-state index >= 15 is 0 Å². The Morgan fingerprint density at radius 2 is 2.06 bits per heavy atom. The number of halogens is 1. The standard InChI is InChI=1S/C15H16ClNO/c1-9-5-11-7-12(16)3-4-14(11)17-10(2)6-13(18)8-15(9)17/h3-4,7-10H,5-6H2,1-2H3. The largest absolute Gasteiger partial charge is 0.341 e. The summed E-state index contributed by atoms with van der Waals surface area (Å²) in [5.74, 6) is 0.626. The topological polar surface area (TPSA) is 20.3 Å². The Kier molecular flexibility index (Phi) is 2.70. The van der Waals surface area contributed by atoms with Crippen LogP contribution in [0.4, 0.5) is 5.69 Å². The normalized spacial score (nSPS) is 26.5. The van der Waals surface area contributed by atoms with Crippen molar-refractivity contribution in [1.82, 2.24) is 0 Å². The van der Waals surface area contributed by atoms with Crippen molar-refractivity contribution < 1.29 is 4.79 Å². The first-order valence-electron chi connectivity index (χ1n) is 6.38. The fourth-order valence-electron chi connectivity index (χ4n) is 3.07. The van der Waals surface area contributed by atoms with Gasteiger partial charge in [-0.1, -0.05) is 18.5 Å². The molecule has 3 heteroatoms. The Morgan fingerprint density at radius 3 is 2.83 bits per heavy atom. The number of anilines is 1. The molecule has 0 radical (unpaired) electrons. The molecule has 2 aliphatic heterocycles. The minimum atomic E-state index is 0.236. The van der Waals surface area contributed by atoms with Gasteiger partial charge in [0.1, 0.15) is 0 Å². The molecule has 18 heavy (non-hydrogen) atoms. The van der Waals surface area contributed by atoms with Crippen LogP contribution in [0, 0.1) is 5.92 Å². The molecule has 3 rings (SSSR count). The molecule has 94 valence electrons. The number of hydrogen-bond donors (Lipinski definition) is 0. The van der Waals surface area contributed by atoms with Gasteiger partial charge < -0.3 is 4.90 Å². The van der Waals surface area contributed by atoms with Crippen molar-refractivity contribution in [3.8, 4) is 0 Å². The SMILES string of the molecule is CC1Cc2cc(Cl)ccc2N2C1=CC(=O)CC2C. The monoisotopic (exact) mass is 261 g/mol. The summed E-state index contributed by atoms with van der Waals surface area (Å²) < 4.78 is 0. The first-order valence-corrected chi connectivity index (χ1v) is 6.76. The van der Waals surface area contributed by atoms with Crippen LogP contribution in [0.3, 0.4) is 0 Å². The van der Waals surface area contributed by atoms with E-state index < -0.39 is 0 Å². The van der Waals surface area contributed by atoms with Gasteiger partial charge in [0, 0.05) is 40.9 Å². The van der Waals surface area contributed by atoms with Crippen molar-refractivity contribution >= 4 is 23.1 Å². The van der Waals surface area contributed by atoms with Crippen molar-refractivity contribution in [1.29, 1.82) is 0 Å². The molecule has 2 aliphatic rings. The van der Waals surface area contributed by atoms with E-state index in [1.165, 1.54) is 11.3 Å². The summed E-state index contributed by atoms with van der Waals surface area (Å²) >= 11 is 6.07. The van der Waals surface area contributed by atoms with E-state index in [0.29, 0.717) is 12.3 Å². The second kappa shape index (κ2) is 4.13. The highest BCUT2D eigenvalue weighted by molar-refractivity contribution is 6.30. The van der Waals surface area contributed by atoms with Crippen LogP contribution in [-0.2, 0) is 11.2 Å². The van der Waals surface area contributed by atoms with Gasteiger partial charge in [0.2, 0.25) is 0 Å². The first-order chi connectivity index (χ1) is 8.56. The number of fused-ring (bicyclic) bond motifs is 3. The van der Waals surface area contributed by atoms with Crippen LogP contribution >= 0.6 is 11.6 Å². The molecular weight excluding hydrogens is 246 g/mol. The number of ketones is 1. The number of rotatable bonds is 0. The van der Waals surface area contributed by atoms with Crippen LogP contribution < -0.4 is 4.90 Å². The molecule has 0 saturated carbocycles. The van der Waals surface area contributed by atoms with E-state index in [2.05, 4.69) is 24.8 Å². The Hall–Kier alpha value is -1.28. The lowest BCUT2D eigenvalue weighted by atomic mass is 9.86. The van der Waals surface area contributed by atoms with Gasteiger partial charge in [-0.2, -0.15) is 0 Å². The summed E-state index contributed by atoms with van der Waals surface area (Å²) in [4.78, 5) is 14.0. The molecule has 0 bridgehead atoms. The Labute approximate surface area is 112 Å². The van der Waals surface area contributed by atoms with Crippen LogP contribution in [0.15, 0.2) is 30.0 Å². The Bertz CT molecular complexity index is 549. The summed E-state index contributed by atoms with van der Waals surface area (Å²) in [6, 6.07) is 6.29. The van der Waals surface area contributed by atoms with Crippen LogP contribution in [0.2, 0.25) is 5.02 Å². The molecule has 2 unspecified atom stereocenters. The van der Waals surface area contributed by atoms with Gasteiger partial charge in [0.25, 0.3) is 0 Å². The quantitative estimate of drug-likeness (QED) is 0.711. The molecule has 0 aromatic heterocycles. The summed E-state index contributed by atoms with van der Waals surface area (Å²) in [5, 5.41) is 0.786. The van der Waals surface area contributed by atoms with Crippen molar-refractivity contribution in [2.75, 3.05) is 4.90 Å². The van der Waals surface area contributed by atoms with Crippen LogP contribution in [-0.4, -0.2) is 11.8 Å². The highest BCUT2D eigenvalue weighted by Gasteiger charge is 2.33. The van der Waals surface area contributed by atoms with E-state index in [-0.39, 0.29) is 11.8 Å². The van der Waals surface area contributed by atoms with Gasteiger partial charge in [0.05, 0.1) is 0 Å². The van der Waals surface area contributed by atoms with Crippen LogP contribution in [0.25, 0.3) is 0 Å². The van der Waals surface area contributed by atoms with Gasteiger partial charge in [-0.3, -0.25) is 4.79 Å². The molecule has 1 aromatic rings. The third-order valence-corrected chi connectivity index (χ3v) is 4.09. The molecule has 1 aromatic carbocycles. The first kappa shape index (κ1) is 11.8. The third-order valence-electron chi connectivity index (χ3n) is 3.86. The van der Waals surface area contributed by atoms with Crippen molar-refractivity contribution in [2.45, 2.75) is 32.7 Å². The Balaban J connectivity index is 2.16. The number of allylic oxidation sites excluding steroid dienone is 2. The van der Waals surface area contributed by atoms with Crippen molar-refractivity contribution in [3.63, 3.8) is 0 Å². The van der Waals surface area contributed by atoms with Crippen LogP contribution in [0.1, 0.15) is 25.8 Å². The average Bonchev–Trinajstić information content (AvgIpc) is 2.29. The van der Waals surface area contributed by atoms with Crippen LogP contribution in [0.5, 0.6) is 0 Å². The fraction of sp³-hybridized carbons (Fsp3) is 0.400. The molecule has 2 nitrogen and oxygen atoms in total. The van der Waals surface area contributed by atoms with Gasteiger partial charge in [-0.15, -0.1) is 0 Å². The molecule has 0 amide bonds.